The molecule has 13 heteroatoms. The highest BCUT2D eigenvalue weighted by Crippen LogP contribution is 2.28. The number of amides is 1. The summed E-state index contributed by atoms with van der Waals surface area (Å²) in [7, 11) is -3.61. The van der Waals surface area contributed by atoms with Crippen LogP contribution in [-0.4, -0.2) is 51.0 Å². The van der Waals surface area contributed by atoms with E-state index in [0.717, 1.165) is 27.7 Å². The number of carbonyl (C=O) groups is 1. The fraction of sp³-hybridized carbons (Fsp3) is 0.286. The molecule has 0 aliphatic heterocycles. The van der Waals surface area contributed by atoms with E-state index in [-0.39, 0.29) is 45.6 Å². The number of phenols is 1. The Bertz CT molecular complexity index is 1890. The van der Waals surface area contributed by atoms with Gasteiger partial charge in [-0.15, -0.1) is 0 Å². The molecule has 1 fully saturated rings. The highest BCUT2D eigenvalue weighted by atomic mass is 32.2. The lowest BCUT2D eigenvalue weighted by Gasteiger charge is -2.30. The number of aliphatic hydroxyl groups is 1. The molecule has 0 bridgehead atoms. The van der Waals surface area contributed by atoms with Crippen molar-refractivity contribution in [3.8, 4) is 11.4 Å². The molecule has 0 atom stereocenters. The highest BCUT2D eigenvalue weighted by Gasteiger charge is 2.29. The van der Waals surface area contributed by atoms with Gasteiger partial charge in [0.15, 0.2) is 15.5 Å². The Morgan fingerprint density at radius 3 is 2.51 bits per heavy atom. The van der Waals surface area contributed by atoms with Gasteiger partial charge in [-0.05, 0) is 67.6 Å². The lowest BCUT2D eigenvalue weighted by Crippen LogP contribution is -2.45. The first kappa shape index (κ1) is 28.2. The van der Waals surface area contributed by atoms with Gasteiger partial charge in [-0.1, -0.05) is 12.1 Å². The zero-order valence-corrected chi connectivity index (χ0v) is 22.8. The number of hydrogen-bond acceptors (Lipinski definition) is 8. The largest absolute Gasteiger partial charge is 0.507 e. The number of carbonyl (C=O) groups excluding carboxylic acids is 1. The first-order valence-electron chi connectivity index (χ1n) is 12.8. The second kappa shape index (κ2) is 10.9. The Balaban J connectivity index is 1.48. The summed E-state index contributed by atoms with van der Waals surface area (Å²) in [6.07, 6.45) is 3.39. The van der Waals surface area contributed by atoms with Crippen LogP contribution in [0.3, 0.4) is 0 Å². The van der Waals surface area contributed by atoms with Crippen molar-refractivity contribution < 1.29 is 27.8 Å². The zero-order chi connectivity index (χ0) is 29.5. The predicted molar refractivity (Wildman–Crippen MR) is 147 cm³/mol. The topological polar surface area (TPSA) is 161 Å². The van der Waals surface area contributed by atoms with Gasteiger partial charge in [-0.3, -0.25) is 14.2 Å². The van der Waals surface area contributed by atoms with Gasteiger partial charge in [0, 0.05) is 18.3 Å². The van der Waals surface area contributed by atoms with Gasteiger partial charge >= 0.3 is 5.69 Å². The third-order valence-corrected chi connectivity index (χ3v) is 8.39. The summed E-state index contributed by atoms with van der Waals surface area (Å²) in [5.74, 6) is -1.51. The first-order chi connectivity index (χ1) is 19.5. The van der Waals surface area contributed by atoms with Crippen molar-refractivity contribution in [1.82, 2.24) is 19.4 Å². The maximum atomic E-state index is 14.2. The molecule has 2 aromatic carbocycles. The molecule has 5 rings (SSSR count). The molecule has 41 heavy (non-hydrogen) atoms. The normalized spacial score (nSPS) is 17.4. The summed E-state index contributed by atoms with van der Waals surface area (Å²) in [6, 6.07) is 9.99. The smallest absolute Gasteiger partial charge is 0.337 e. The molecule has 2 heterocycles. The van der Waals surface area contributed by atoms with Crippen LogP contribution < -0.4 is 16.6 Å². The van der Waals surface area contributed by atoms with Crippen molar-refractivity contribution in [3.63, 3.8) is 0 Å². The van der Waals surface area contributed by atoms with Crippen molar-refractivity contribution in [2.75, 3.05) is 6.26 Å². The monoisotopic (exact) mass is 582 g/mol. The molecule has 1 aliphatic carbocycles. The van der Waals surface area contributed by atoms with E-state index >= 15 is 0 Å². The number of fused-ring (bicyclic) bond motifs is 1. The number of phenolic OH excluding ortho intramolecular Hbond substituents is 1. The van der Waals surface area contributed by atoms with Crippen LogP contribution in [-0.2, 0) is 16.4 Å². The number of nitrogens with one attached hydrogen (secondary N) is 1. The van der Waals surface area contributed by atoms with E-state index in [0.29, 0.717) is 31.2 Å². The van der Waals surface area contributed by atoms with Crippen LogP contribution in [0.25, 0.3) is 16.7 Å². The Hall–Kier alpha value is -4.36. The average molecular weight is 583 g/mol. The molecule has 0 spiro atoms. The van der Waals surface area contributed by atoms with Crippen LogP contribution in [0.5, 0.6) is 5.75 Å². The fourth-order valence-corrected chi connectivity index (χ4v) is 5.86. The number of rotatable bonds is 6. The summed E-state index contributed by atoms with van der Waals surface area (Å²) < 4.78 is 40.7. The summed E-state index contributed by atoms with van der Waals surface area (Å²) in [6.45, 7) is -0.290. The van der Waals surface area contributed by atoms with Crippen molar-refractivity contribution in [3.05, 3.63) is 92.5 Å². The number of nitrogens with zero attached hydrogens (tertiary/aromatic N) is 3. The molecule has 0 radical (unpaired) electrons. The Morgan fingerprint density at radius 1 is 1.10 bits per heavy atom. The molecule has 0 unspecified atom stereocenters. The molecule has 1 aliphatic rings. The summed E-state index contributed by atoms with van der Waals surface area (Å²) >= 11 is 0. The minimum Gasteiger partial charge on any atom is -0.507 e. The molecule has 214 valence electrons. The first-order valence-corrected chi connectivity index (χ1v) is 14.7. The lowest BCUT2D eigenvalue weighted by atomic mass is 9.90. The van der Waals surface area contributed by atoms with E-state index in [1.807, 2.05) is 0 Å². The number of halogens is 1. The van der Waals surface area contributed by atoms with Gasteiger partial charge in [0.2, 0.25) is 0 Å². The van der Waals surface area contributed by atoms with Crippen molar-refractivity contribution in [2.24, 2.45) is 0 Å². The molecular formula is C28H27FN4O7S. The number of benzene rings is 2. The summed E-state index contributed by atoms with van der Waals surface area (Å²) in [5.41, 5.74) is -0.915. The van der Waals surface area contributed by atoms with Crippen LogP contribution in [0.15, 0.2) is 69.2 Å². The van der Waals surface area contributed by atoms with Gasteiger partial charge in [-0.2, -0.15) is 0 Å². The van der Waals surface area contributed by atoms with Gasteiger partial charge in [0.1, 0.15) is 11.6 Å². The molecule has 11 nitrogen and oxygen atoms in total. The van der Waals surface area contributed by atoms with Crippen molar-refractivity contribution in [1.29, 1.82) is 0 Å². The van der Waals surface area contributed by atoms with E-state index in [9.17, 15) is 37.4 Å². The number of aromatic nitrogens is 3. The van der Waals surface area contributed by atoms with Crippen molar-refractivity contribution >= 4 is 26.8 Å². The number of pyridine rings is 1. The van der Waals surface area contributed by atoms with Gasteiger partial charge in [0.25, 0.3) is 11.5 Å². The van der Waals surface area contributed by atoms with Crippen LogP contribution in [0, 0.1) is 5.82 Å². The summed E-state index contributed by atoms with van der Waals surface area (Å²) in [4.78, 5) is 44.0. The lowest BCUT2D eigenvalue weighted by molar-refractivity contribution is 0.0919. The standard InChI is InChI=1S/C28H27FN4O7S/c1-41(39,40)21-4-2-3-20(13-21)32-25-23(12-17(29)14-30-25)27(37)33(28(32)38)19-8-6-18(7-9-19)31-26(36)22-11-16(15-34)5-10-24(22)35/h2-5,10-14,18-19,34-35H,6-9,15H2,1H3,(H,31,36). The van der Waals surface area contributed by atoms with Gasteiger partial charge in [0.05, 0.1) is 34.3 Å². The molecule has 2 aromatic heterocycles. The number of hydrogen-bond donors (Lipinski definition) is 3. The van der Waals surface area contributed by atoms with E-state index in [2.05, 4.69) is 10.3 Å². The third-order valence-electron chi connectivity index (χ3n) is 7.28. The van der Waals surface area contributed by atoms with Gasteiger partial charge in [-0.25, -0.2) is 27.2 Å². The second-order valence-electron chi connectivity index (χ2n) is 10.1. The molecular weight excluding hydrogens is 555 g/mol. The number of aromatic hydroxyl groups is 1. The molecule has 1 saturated carbocycles. The van der Waals surface area contributed by atoms with E-state index in [1.165, 1.54) is 42.5 Å². The highest BCUT2D eigenvalue weighted by molar-refractivity contribution is 7.90. The number of sulfone groups is 1. The third kappa shape index (κ3) is 5.50. The van der Waals surface area contributed by atoms with Gasteiger partial charge < -0.3 is 15.5 Å². The maximum Gasteiger partial charge on any atom is 0.337 e. The maximum absolute atomic E-state index is 14.2. The van der Waals surface area contributed by atoms with E-state index < -0.39 is 38.9 Å². The van der Waals surface area contributed by atoms with Crippen LogP contribution in [0.4, 0.5) is 4.39 Å². The minimum atomic E-state index is -3.61. The SMILES string of the molecule is CS(=O)(=O)c1cccc(-n2c(=O)n(C3CCC(NC(=O)c4cc(CO)ccc4O)CC3)c(=O)c3cc(F)cnc32)c1. The zero-order valence-electron chi connectivity index (χ0n) is 21.9. The van der Waals surface area contributed by atoms with E-state index in [1.54, 1.807) is 0 Å². The molecule has 3 N–H and O–H groups in total. The summed E-state index contributed by atoms with van der Waals surface area (Å²) in [5, 5.41) is 22.1. The quantitative estimate of drug-likeness (QED) is 0.312. The Morgan fingerprint density at radius 2 is 1.83 bits per heavy atom. The second-order valence-corrected chi connectivity index (χ2v) is 12.1. The predicted octanol–water partition coefficient (Wildman–Crippen LogP) is 2.20. The number of aliphatic hydroxyl groups excluding tert-OH is 1. The molecule has 4 aromatic rings. The molecule has 1 amide bonds. The van der Waals surface area contributed by atoms with Crippen LogP contribution in [0.1, 0.15) is 47.6 Å². The average Bonchev–Trinajstić information content (AvgIpc) is 2.94. The Kier molecular flexibility index (Phi) is 7.49. The molecule has 0 saturated heterocycles. The minimum absolute atomic E-state index is 0.0261. The van der Waals surface area contributed by atoms with Crippen LogP contribution >= 0.6 is 0 Å². The van der Waals surface area contributed by atoms with Crippen LogP contribution in [0.2, 0.25) is 0 Å². The van der Waals surface area contributed by atoms with Crippen molar-refractivity contribution in [2.45, 2.75) is 49.3 Å². The fourth-order valence-electron chi connectivity index (χ4n) is 5.20. The Labute approximate surface area is 233 Å². The van der Waals surface area contributed by atoms with E-state index in [4.69, 9.17) is 0 Å².